The second-order valence-corrected chi connectivity index (χ2v) is 7.11. The fourth-order valence-electron chi connectivity index (χ4n) is 2.98. The van der Waals surface area contributed by atoms with Crippen molar-refractivity contribution in [1.82, 2.24) is 14.8 Å². The summed E-state index contributed by atoms with van der Waals surface area (Å²) in [4.78, 5) is 0. The minimum absolute atomic E-state index is 0.600. The lowest BCUT2D eigenvalue weighted by molar-refractivity contribution is 0.344. The average molecular weight is 395 g/mol. The number of nitrogens with zero attached hydrogens (tertiary/aromatic N) is 3. The first kappa shape index (κ1) is 18.4. The van der Waals surface area contributed by atoms with E-state index in [1.807, 2.05) is 54.6 Å². The number of hydrogen-bond donors (Lipinski definition) is 0. The number of furan rings is 1. The van der Waals surface area contributed by atoms with Gasteiger partial charge in [0.15, 0.2) is 22.2 Å². The van der Waals surface area contributed by atoms with Gasteiger partial charge in [-0.15, -0.1) is 10.2 Å². The van der Waals surface area contributed by atoms with Gasteiger partial charge in [-0.2, -0.15) is 0 Å². The van der Waals surface area contributed by atoms with Crippen LogP contribution in [0.2, 0.25) is 0 Å². The molecule has 4 rings (SSSR count). The van der Waals surface area contributed by atoms with Gasteiger partial charge in [0, 0.05) is 17.7 Å². The van der Waals surface area contributed by atoms with Crippen LogP contribution in [0.4, 0.5) is 0 Å². The first-order valence-electron chi connectivity index (χ1n) is 9.11. The molecule has 2 aromatic carbocycles. The molecule has 0 bridgehead atoms. The summed E-state index contributed by atoms with van der Waals surface area (Å²) in [5.74, 6) is 3.76. The Bertz CT molecular complexity index is 1060. The highest BCUT2D eigenvalue weighted by atomic mass is 32.2. The van der Waals surface area contributed by atoms with Gasteiger partial charge >= 0.3 is 0 Å². The number of fused-ring (bicyclic) bond motifs is 1. The van der Waals surface area contributed by atoms with E-state index in [2.05, 4.69) is 21.7 Å². The number of aromatic nitrogens is 3. The second-order valence-electron chi connectivity index (χ2n) is 6.05. The van der Waals surface area contributed by atoms with Crippen molar-refractivity contribution in [1.29, 1.82) is 0 Å². The molecule has 0 aliphatic heterocycles. The van der Waals surface area contributed by atoms with Crippen molar-refractivity contribution < 1.29 is 13.9 Å². The second kappa shape index (κ2) is 8.39. The zero-order valence-electron chi connectivity index (χ0n) is 15.8. The number of benzene rings is 2. The Morgan fingerprint density at radius 1 is 1.07 bits per heavy atom. The maximum Gasteiger partial charge on any atom is 0.200 e. The fourth-order valence-corrected chi connectivity index (χ4v) is 3.80. The van der Waals surface area contributed by atoms with Crippen LogP contribution in [0.5, 0.6) is 11.5 Å². The Morgan fingerprint density at radius 3 is 2.71 bits per heavy atom. The zero-order chi connectivity index (χ0) is 19.3. The van der Waals surface area contributed by atoms with E-state index >= 15 is 0 Å². The Balaban J connectivity index is 1.50. The van der Waals surface area contributed by atoms with Crippen LogP contribution in [-0.4, -0.2) is 34.2 Å². The molecule has 0 saturated carbocycles. The molecule has 7 heteroatoms. The van der Waals surface area contributed by atoms with E-state index in [0.717, 1.165) is 34.2 Å². The van der Waals surface area contributed by atoms with Crippen molar-refractivity contribution in [3.8, 4) is 23.1 Å². The number of hydrogen-bond acceptors (Lipinski definition) is 6. The van der Waals surface area contributed by atoms with Crippen LogP contribution in [0.1, 0.15) is 6.92 Å². The summed E-state index contributed by atoms with van der Waals surface area (Å²) in [5, 5.41) is 10.5. The van der Waals surface area contributed by atoms with Crippen LogP contribution < -0.4 is 9.47 Å². The van der Waals surface area contributed by atoms with Gasteiger partial charge in [-0.25, -0.2) is 0 Å². The van der Waals surface area contributed by atoms with Crippen LogP contribution in [0.15, 0.2) is 64.2 Å². The van der Waals surface area contributed by atoms with E-state index in [-0.39, 0.29) is 0 Å². The lowest BCUT2D eigenvalue weighted by Gasteiger charge is -2.07. The van der Waals surface area contributed by atoms with E-state index in [0.29, 0.717) is 23.9 Å². The van der Waals surface area contributed by atoms with Gasteiger partial charge < -0.3 is 13.9 Å². The van der Waals surface area contributed by atoms with Crippen LogP contribution in [0, 0.1) is 0 Å². The number of methoxy groups -OCH3 is 1. The Hall–Kier alpha value is -2.93. The maximum atomic E-state index is 6.03. The molecule has 0 fully saturated rings. The molecule has 0 amide bonds. The topological polar surface area (TPSA) is 62.3 Å². The standard InChI is InChI=1S/C21H21N3O3S/c1-3-24-20(18-14-15-8-7-11-17(25-2)19(15)27-18)22-23-21(24)28-13-12-26-16-9-5-4-6-10-16/h4-11,14H,3,12-13H2,1-2H3. The third kappa shape index (κ3) is 3.71. The minimum Gasteiger partial charge on any atom is -0.493 e. The summed E-state index contributed by atoms with van der Waals surface area (Å²) in [5.41, 5.74) is 0.719. The summed E-state index contributed by atoms with van der Waals surface area (Å²) in [6.07, 6.45) is 0. The van der Waals surface area contributed by atoms with Crippen molar-refractivity contribution in [2.75, 3.05) is 19.5 Å². The molecule has 0 aliphatic carbocycles. The molecule has 2 aromatic heterocycles. The number of thioether (sulfide) groups is 1. The predicted octanol–water partition coefficient (Wildman–Crippen LogP) is 4.89. The third-order valence-electron chi connectivity index (χ3n) is 4.31. The van der Waals surface area contributed by atoms with E-state index in [9.17, 15) is 0 Å². The van der Waals surface area contributed by atoms with Crippen molar-refractivity contribution in [2.45, 2.75) is 18.6 Å². The first-order chi connectivity index (χ1) is 13.8. The molecule has 4 aromatic rings. The summed E-state index contributed by atoms with van der Waals surface area (Å²) in [6, 6.07) is 17.6. The van der Waals surface area contributed by atoms with E-state index in [1.165, 1.54) is 0 Å². The van der Waals surface area contributed by atoms with Crippen LogP contribution in [-0.2, 0) is 6.54 Å². The van der Waals surface area contributed by atoms with Gasteiger partial charge in [0.05, 0.1) is 13.7 Å². The van der Waals surface area contributed by atoms with Gasteiger partial charge in [0.2, 0.25) is 5.82 Å². The molecule has 0 radical (unpaired) electrons. The SMILES string of the molecule is CCn1c(SCCOc2ccccc2)nnc1-c1cc2cccc(OC)c2o1. The molecule has 0 saturated heterocycles. The van der Waals surface area contributed by atoms with Gasteiger partial charge in [0.1, 0.15) is 5.75 Å². The summed E-state index contributed by atoms with van der Waals surface area (Å²) >= 11 is 1.62. The van der Waals surface area contributed by atoms with E-state index < -0.39 is 0 Å². The molecule has 0 atom stereocenters. The smallest absolute Gasteiger partial charge is 0.200 e. The summed E-state index contributed by atoms with van der Waals surface area (Å²) in [7, 11) is 1.64. The fraction of sp³-hybridized carbons (Fsp3) is 0.238. The third-order valence-corrected chi connectivity index (χ3v) is 5.24. The molecular formula is C21H21N3O3S. The molecule has 0 spiro atoms. The van der Waals surface area contributed by atoms with Crippen molar-refractivity contribution in [3.63, 3.8) is 0 Å². The monoisotopic (exact) mass is 395 g/mol. The normalized spacial score (nSPS) is 11.1. The summed E-state index contributed by atoms with van der Waals surface area (Å²) in [6.45, 7) is 3.42. The van der Waals surface area contributed by atoms with Crippen LogP contribution in [0.25, 0.3) is 22.6 Å². The highest BCUT2D eigenvalue weighted by Gasteiger charge is 2.18. The molecule has 2 heterocycles. The molecular weight excluding hydrogens is 374 g/mol. The molecule has 6 nitrogen and oxygen atoms in total. The highest BCUT2D eigenvalue weighted by molar-refractivity contribution is 7.99. The average Bonchev–Trinajstić information content (AvgIpc) is 3.35. The van der Waals surface area contributed by atoms with Crippen molar-refractivity contribution in [3.05, 3.63) is 54.6 Å². The van der Waals surface area contributed by atoms with Crippen LogP contribution >= 0.6 is 11.8 Å². The molecule has 0 aliphatic rings. The summed E-state index contributed by atoms with van der Waals surface area (Å²) < 4.78 is 19.2. The molecule has 28 heavy (non-hydrogen) atoms. The van der Waals surface area contributed by atoms with Crippen molar-refractivity contribution in [2.24, 2.45) is 0 Å². The number of ether oxygens (including phenoxy) is 2. The zero-order valence-corrected chi connectivity index (χ0v) is 16.6. The maximum absolute atomic E-state index is 6.03. The Labute approximate surface area is 167 Å². The van der Waals surface area contributed by atoms with Crippen LogP contribution in [0.3, 0.4) is 0 Å². The minimum atomic E-state index is 0.600. The molecule has 0 N–H and O–H groups in total. The lowest BCUT2D eigenvalue weighted by atomic mass is 10.2. The Kier molecular flexibility index (Phi) is 5.53. The molecule has 0 unspecified atom stereocenters. The number of para-hydroxylation sites is 2. The quantitative estimate of drug-likeness (QED) is 0.313. The molecule has 144 valence electrons. The Morgan fingerprint density at radius 2 is 1.93 bits per heavy atom. The van der Waals surface area contributed by atoms with E-state index in [1.54, 1.807) is 18.9 Å². The van der Waals surface area contributed by atoms with Gasteiger partial charge in [-0.05, 0) is 31.2 Å². The van der Waals surface area contributed by atoms with Crippen molar-refractivity contribution >= 4 is 22.7 Å². The first-order valence-corrected chi connectivity index (χ1v) is 10.1. The van der Waals surface area contributed by atoms with Gasteiger partial charge in [-0.3, -0.25) is 4.57 Å². The lowest BCUT2D eigenvalue weighted by Crippen LogP contribution is -2.03. The predicted molar refractivity (Wildman–Crippen MR) is 110 cm³/mol. The highest BCUT2D eigenvalue weighted by Crippen LogP contribution is 2.33. The largest absolute Gasteiger partial charge is 0.493 e. The van der Waals surface area contributed by atoms with E-state index in [4.69, 9.17) is 13.9 Å². The van der Waals surface area contributed by atoms with Gasteiger partial charge in [-0.1, -0.05) is 42.1 Å². The van der Waals surface area contributed by atoms with Gasteiger partial charge in [0.25, 0.3) is 0 Å². The number of rotatable bonds is 8.